The van der Waals surface area contributed by atoms with Crippen molar-refractivity contribution in [2.75, 3.05) is 0 Å². The number of hydrogen-bond acceptors (Lipinski definition) is 2. The number of allylic oxidation sites excluding steroid dienone is 5. The van der Waals surface area contributed by atoms with Gasteiger partial charge in [0.2, 0.25) is 0 Å². The summed E-state index contributed by atoms with van der Waals surface area (Å²) in [6.07, 6.45) is 5.37. The van der Waals surface area contributed by atoms with Crippen molar-refractivity contribution in [2.45, 2.75) is 93.6 Å². The molecule has 0 aromatic carbocycles. The lowest BCUT2D eigenvalue weighted by atomic mass is 9.62. The van der Waals surface area contributed by atoms with Crippen molar-refractivity contribution < 1.29 is 10.1 Å². The van der Waals surface area contributed by atoms with Crippen LogP contribution in [0.15, 0.2) is 33.4 Å². The Hall–Kier alpha value is -0.860. The molecule has 3 atom stereocenters. The van der Waals surface area contributed by atoms with Crippen molar-refractivity contribution in [3.63, 3.8) is 0 Å². The minimum absolute atomic E-state index is 0.0637. The first-order valence-corrected chi connectivity index (χ1v) is 9.34. The fourth-order valence-electron chi connectivity index (χ4n) is 4.76. The van der Waals surface area contributed by atoms with Crippen LogP contribution >= 0.6 is 0 Å². The van der Waals surface area contributed by atoms with Crippen molar-refractivity contribution in [2.24, 2.45) is 10.8 Å². The molecule has 1 N–H and O–H groups in total. The summed E-state index contributed by atoms with van der Waals surface area (Å²) in [6.45, 7) is 18.3. The van der Waals surface area contributed by atoms with Gasteiger partial charge >= 0.3 is 0 Å². The molecule has 0 amide bonds. The largest absolute Gasteiger partial charge is 0.251 e. The van der Waals surface area contributed by atoms with E-state index in [1.165, 1.54) is 36.0 Å². The third-order valence-electron chi connectivity index (χ3n) is 7.38. The van der Waals surface area contributed by atoms with E-state index < -0.39 is 0 Å². The van der Waals surface area contributed by atoms with E-state index >= 15 is 0 Å². The molecule has 0 spiro atoms. The molecule has 136 valence electrons. The summed E-state index contributed by atoms with van der Waals surface area (Å²) in [5.41, 5.74) is 9.05. The lowest BCUT2D eigenvalue weighted by Gasteiger charge is -2.44. The maximum absolute atomic E-state index is 9.34. The van der Waals surface area contributed by atoms with Gasteiger partial charge in [-0.05, 0) is 90.0 Å². The van der Waals surface area contributed by atoms with E-state index in [1.54, 1.807) is 16.7 Å². The van der Waals surface area contributed by atoms with Gasteiger partial charge in [0.25, 0.3) is 0 Å². The predicted molar refractivity (Wildman–Crippen MR) is 102 cm³/mol. The summed E-state index contributed by atoms with van der Waals surface area (Å²) < 4.78 is 0. The van der Waals surface area contributed by atoms with E-state index in [-0.39, 0.29) is 16.9 Å². The van der Waals surface area contributed by atoms with Crippen LogP contribution in [0.25, 0.3) is 0 Å². The van der Waals surface area contributed by atoms with Crippen molar-refractivity contribution in [3.8, 4) is 0 Å². The molecule has 0 bridgehead atoms. The highest BCUT2D eigenvalue weighted by Crippen LogP contribution is 2.51. The molecule has 0 aromatic heterocycles. The van der Waals surface area contributed by atoms with Crippen molar-refractivity contribution in [1.82, 2.24) is 0 Å². The van der Waals surface area contributed by atoms with E-state index in [0.29, 0.717) is 0 Å². The van der Waals surface area contributed by atoms with Crippen molar-refractivity contribution >= 4 is 0 Å². The van der Waals surface area contributed by atoms with Crippen molar-refractivity contribution in [3.05, 3.63) is 33.4 Å². The molecule has 3 unspecified atom stereocenters. The third-order valence-corrected chi connectivity index (χ3v) is 7.38. The molecule has 2 aliphatic carbocycles. The Kier molecular flexibility index (Phi) is 5.52. The van der Waals surface area contributed by atoms with E-state index in [2.05, 4.69) is 55.4 Å². The average Bonchev–Trinajstić information content (AvgIpc) is 2.53. The predicted octanol–water partition coefficient (Wildman–Crippen LogP) is 6.84. The summed E-state index contributed by atoms with van der Waals surface area (Å²) in [4.78, 5) is 4.81. The molecule has 2 rings (SSSR count). The van der Waals surface area contributed by atoms with Crippen LogP contribution in [0.2, 0.25) is 0 Å². The first-order chi connectivity index (χ1) is 11.0. The fourth-order valence-corrected chi connectivity index (χ4v) is 4.76. The number of rotatable bonds is 3. The Morgan fingerprint density at radius 2 is 1.46 bits per heavy atom. The Balaban J connectivity index is 2.39. The van der Waals surface area contributed by atoms with Gasteiger partial charge < -0.3 is 0 Å². The SMILES string of the molecule is CC1=C(C)CC(C)(C(C)=C(C)C2(C)CC(C)=C(C)C(OO)C2)CC1. The number of hydrogen-bond donors (Lipinski definition) is 1. The summed E-state index contributed by atoms with van der Waals surface area (Å²) in [5, 5.41) is 9.34. The van der Waals surface area contributed by atoms with Crippen LogP contribution in [0.1, 0.15) is 87.5 Å². The molecule has 0 heterocycles. The summed E-state index contributed by atoms with van der Waals surface area (Å²) in [5.74, 6) is 0. The molecule has 2 aliphatic rings. The molecule has 0 aliphatic heterocycles. The van der Waals surface area contributed by atoms with Gasteiger partial charge in [-0.1, -0.05) is 41.7 Å². The average molecular weight is 333 g/mol. The summed E-state index contributed by atoms with van der Waals surface area (Å²) in [7, 11) is 0. The zero-order chi connectivity index (χ0) is 18.3. The Bertz CT molecular complexity index is 607. The summed E-state index contributed by atoms with van der Waals surface area (Å²) in [6, 6.07) is 0. The van der Waals surface area contributed by atoms with E-state index in [1.807, 2.05) is 0 Å². The highest BCUT2D eigenvalue weighted by atomic mass is 17.1. The first kappa shape index (κ1) is 19.5. The highest BCUT2D eigenvalue weighted by molar-refractivity contribution is 5.33. The van der Waals surface area contributed by atoms with E-state index in [9.17, 15) is 5.26 Å². The van der Waals surface area contributed by atoms with Crippen LogP contribution in [-0.4, -0.2) is 11.4 Å². The Morgan fingerprint density at radius 1 is 0.917 bits per heavy atom. The topological polar surface area (TPSA) is 29.5 Å². The summed E-state index contributed by atoms with van der Waals surface area (Å²) >= 11 is 0. The first-order valence-electron chi connectivity index (χ1n) is 9.34. The van der Waals surface area contributed by atoms with E-state index in [4.69, 9.17) is 4.89 Å². The molecule has 0 fully saturated rings. The van der Waals surface area contributed by atoms with Gasteiger partial charge in [-0.25, -0.2) is 4.89 Å². The fraction of sp³-hybridized carbons (Fsp3) is 0.727. The third kappa shape index (κ3) is 3.41. The van der Waals surface area contributed by atoms with Gasteiger partial charge in [-0.15, -0.1) is 0 Å². The van der Waals surface area contributed by atoms with Gasteiger partial charge in [-0.2, -0.15) is 0 Å². The Morgan fingerprint density at radius 3 is 2.00 bits per heavy atom. The van der Waals surface area contributed by atoms with Crippen LogP contribution < -0.4 is 0 Å². The molecule has 0 aromatic rings. The normalized spacial score (nSPS) is 36.1. The van der Waals surface area contributed by atoms with Gasteiger partial charge in [0, 0.05) is 0 Å². The highest BCUT2D eigenvalue weighted by Gasteiger charge is 2.40. The molecular weight excluding hydrogens is 296 g/mol. The maximum Gasteiger partial charge on any atom is 0.115 e. The monoisotopic (exact) mass is 332 g/mol. The quantitative estimate of drug-likeness (QED) is 0.348. The van der Waals surface area contributed by atoms with E-state index in [0.717, 1.165) is 12.8 Å². The van der Waals surface area contributed by atoms with Crippen LogP contribution in [0.4, 0.5) is 0 Å². The van der Waals surface area contributed by atoms with Gasteiger partial charge in [0.05, 0.1) is 0 Å². The Labute approximate surface area is 148 Å². The van der Waals surface area contributed by atoms with Gasteiger partial charge in [0.15, 0.2) is 0 Å². The van der Waals surface area contributed by atoms with Crippen LogP contribution in [-0.2, 0) is 4.89 Å². The second-order valence-corrected chi connectivity index (χ2v) is 9.05. The van der Waals surface area contributed by atoms with Gasteiger partial charge in [-0.3, -0.25) is 5.26 Å². The second kappa shape index (κ2) is 6.80. The van der Waals surface area contributed by atoms with Gasteiger partial charge in [0.1, 0.15) is 6.10 Å². The zero-order valence-corrected chi connectivity index (χ0v) is 17.0. The molecule has 0 radical (unpaired) electrons. The smallest absolute Gasteiger partial charge is 0.115 e. The van der Waals surface area contributed by atoms with Crippen molar-refractivity contribution in [1.29, 1.82) is 0 Å². The zero-order valence-electron chi connectivity index (χ0n) is 17.0. The van der Waals surface area contributed by atoms with Crippen LogP contribution in [0.5, 0.6) is 0 Å². The lowest BCUT2D eigenvalue weighted by molar-refractivity contribution is -0.274. The lowest BCUT2D eigenvalue weighted by Crippen LogP contribution is -2.34. The minimum atomic E-state index is -0.172. The molecule has 0 saturated carbocycles. The molecule has 0 saturated heterocycles. The standard InChI is InChI=1S/C22H36O2/c1-14-9-10-21(7,11-15(14)2)18(5)19(6)22(8)12-16(3)17(4)20(13-22)24-23/h20,23H,9-13H2,1-8H3. The maximum atomic E-state index is 9.34. The van der Waals surface area contributed by atoms with Crippen LogP contribution in [0, 0.1) is 10.8 Å². The molecule has 2 nitrogen and oxygen atoms in total. The minimum Gasteiger partial charge on any atom is -0.251 e. The molecule has 24 heavy (non-hydrogen) atoms. The molecular formula is C22H36O2. The second-order valence-electron chi connectivity index (χ2n) is 9.05. The van der Waals surface area contributed by atoms with Crippen LogP contribution in [0.3, 0.4) is 0 Å². The molecule has 2 heteroatoms.